The molecule has 2 heterocycles. The van der Waals surface area contributed by atoms with Crippen LogP contribution in [0.25, 0.3) is 0 Å². The molecular formula is C10H13ClFN3OS. The minimum Gasteiger partial charge on any atom is -0.337 e. The molecule has 4 nitrogen and oxygen atoms in total. The SMILES string of the molecule is O=C(C(F)Cl)N1CCN(Cc2cscn2)CC1. The molecule has 0 bridgehead atoms. The summed E-state index contributed by atoms with van der Waals surface area (Å²) in [5, 5.41) is 2.01. The van der Waals surface area contributed by atoms with Gasteiger partial charge in [-0.15, -0.1) is 11.3 Å². The van der Waals surface area contributed by atoms with Crippen molar-refractivity contribution in [1.29, 1.82) is 0 Å². The summed E-state index contributed by atoms with van der Waals surface area (Å²) in [5.74, 6) is -0.625. The van der Waals surface area contributed by atoms with Crippen LogP contribution in [0.4, 0.5) is 4.39 Å². The molecule has 1 aliphatic rings. The van der Waals surface area contributed by atoms with Gasteiger partial charge in [0.15, 0.2) is 0 Å². The third-order valence-corrected chi connectivity index (χ3v) is 3.56. The number of carbonyl (C=O) groups excluding carboxylic acids is 1. The second-order valence-electron chi connectivity index (χ2n) is 3.88. The zero-order valence-corrected chi connectivity index (χ0v) is 10.8. The predicted molar refractivity (Wildman–Crippen MR) is 64.7 cm³/mol. The van der Waals surface area contributed by atoms with Crippen LogP contribution in [0.1, 0.15) is 5.69 Å². The summed E-state index contributed by atoms with van der Waals surface area (Å²) in [4.78, 5) is 19.2. The van der Waals surface area contributed by atoms with Crippen molar-refractivity contribution in [3.8, 4) is 0 Å². The van der Waals surface area contributed by atoms with E-state index in [1.807, 2.05) is 5.38 Å². The van der Waals surface area contributed by atoms with E-state index in [1.165, 1.54) is 4.90 Å². The number of aromatic nitrogens is 1. The van der Waals surface area contributed by atoms with Crippen LogP contribution in [-0.4, -0.2) is 52.5 Å². The van der Waals surface area contributed by atoms with Gasteiger partial charge in [-0.2, -0.15) is 0 Å². The molecule has 0 N–H and O–H groups in total. The molecule has 1 fully saturated rings. The Balaban J connectivity index is 1.80. The van der Waals surface area contributed by atoms with E-state index >= 15 is 0 Å². The largest absolute Gasteiger partial charge is 0.337 e. The summed E-state index contributed by atoms with van der Waals surface area (Å²) in [7, 11) is 0. The standard InChI is InChI=1S/C10H13ClFN3OS/c11-9(12)10(16)15-3-1-14(2-4-15)5-8-6-17-7-13-8/h6-7,9H,1-5H2. The van der Waals surface area contributed by atoms with Crippen molar-refractivity contribution in [2.24, 2.45) is 0 Å². The lowest BCUT2D eigenvalue weighted by atomic mass is 10.3. The van der Waals surface area contributed by atoms with Crippen LogP contribution in [-0.2, 0) is 11.3 Å². The lowest BCUT2D eigenvalue weighted by Crippen LogP contribution is -2.49. The van der Waals surface area contributed by atoms with Gasteiger partial charge in [0, 0.05) is 38.1 Å². The Bertz CT molecular complexity index is 366. The summed E-state index contributed by atoms with van der Waals surface area (Å²) < 4.78 is 12.6. The summed E-state index contributed by atoms with van der Waals surface area (Å²) in [5.41, 5.74) is 0.923. The molecule has 1 aliphatic heterocycles. The first-order valence-corrected chi connectivity index (χ1v) is 6.71. The normalized spacial score (nSPS) is 19.3. The fraction of sp³-hybridized carbons (Fsp3) is 0.600. The number of amides is 1. The van der Waals surface area contributed by atoms with E-state index in [2.05, 4.69) is 9.88 Å². The number of thiazole rings is 1. The second-order valence-corrected chi connectivity index (χ2v) is 4.98. The fourth-order valence-electron chi connectivity index (χ4n) is 1.81. The smallest absolute Gasteiger partial charge is 0.272 e. The number of hydrogen-bond acceptors (Lipinski definition) is 4. The highest BCUT2D eigenvalue weighted by molar-refractivity contribution is 7.07. The molecule has 1 aromatic rings. The van der Waals surface area contributed by atoms with Gasteiger partial charge in [-0.25, -0.2) is 9.37 Å². The highest BCUT2D eigenvalue weighted by Gasteiger charge is 2.25. The number of hydrogen-bond donors (Lipinski definition) is 0. The zero-order chi connectivity index (χ0) is 12.3. The number of carbonyl (C=O) groups is 1. The number of alkyl halides is 2. The van der Waals surface area contributed by atoms with Gasteiger partial charge in [-0.05, 0) is 0 Å². The third-order valence-electron chi connectivity index (χ3n) is 2.74. The van der Waals surface area contributed by atoms with Crippen LogP contribution >= 0.6 is 22.9 Å². The summed E-state index contributed by atoms with van der Waals surface area (Å²) in [6.45, 7) is 3.29. The highest BCUT2D eigenvalue weighted by Crippen LogP contribution is 2.11. The first kappa shape index (κ1) is 12.7. The Hall–Kier alpha value is -0.720. The van der Waals surface area contributed by atoms with Crippen molar-refractivity contribution in [2.45, 2.75) is 12.2 Å². The van der Waals surface area contributed by atoms with Gasteiger partial charge < -0.3 is 4.90 Å². The van der Waals surface area contributed by atoms with E-state index in [0.717, 1.165) is 25.3 Å². The Morgan fingerprint density at radius 3 is 2.76 bits per heavy atom. The van der Waals surface area contributed by atoms with Crippen LogP contribution in [0.2, 0.25) is 0 Å². The van der Waals surface area contributed by atoms with Crippen LogP contribution in [0, 0.1) is 0 Å². The van der Waals surface area contributed by atoms with Crippen molar-refractivity contribution >= 4 is 28.8 Å². The first-order valence-electron chi connectivity index (χ1n) is 5.33. The lowest BCUT2D eigenvalue weighted by Gasteiger charge is -2.34. The average molecular weight is 278 g/mol. The van der Waals surface area contributed by atoms with Crippen molar-refractivity contribution in [3.05, 3.63) is 16.6 Å². The fourth-order valence-corrected chi connectivity index (χ4v) is 2.50. The van der Waals surface area contributed by atoms with Crippen molar-refractivity contribution < 1.29 is 9.18 Å². The van der Waals surface area contributed by atoms with Crippen molar-refractivity contribution in [1.82, 2.24) is 14.8 Å². The van der Waals surface area contributed by atoms with E-state index in [1.54, 1.807) is 16.8 Å². The number of halogens is 2. The molecule has 0 aliphatic carbocycles. The molecule has 1 atom stereocenters. The maximum absolute atomic E-state index is 12.6. The molecule has 1 amide bonds. The Morgan fingerprint density at radius 1 is 1.53 bits per heavy atom. The number of piperazine rings is 1. The van der Waals surface area contributed by atoms with Gasteiger partial charge in [0.2, 0.25) is 0 Å². The lowest BCUT2D eigenvalue weighted by molar-refractivity contribution is -0.135. The predicted octanol–water partition coefficient (Wildman–Crippen LogP) is 1.32. The van der Waals surface area contributed by atoms with Gasteiger partial charge in [0.1, 0.15) is 0 Å². The maximum atomic E-state index is 12.6. The van der Waals surface area contributed by atoms with E-state index < -0.39 is 11.5 Å². The molecule has 0 radical (unpaired) electrons. The molecule has 17 heavy (non-hydrogen) atoms. The zero-order valence-electron chi connectivity index (χ0n) is 9.18. The van der Waals surface area contributed by atoms with Crippen LogP contribution < -0.4 is 0 Å². The molecule has 7 heteroatoms. The minimum absolute atomic E-state index is 0.524. The van der Waals surface area contributed by atoms with Gasteiger partial charge in [0.25, 0.3) is 11.5 Å². The van der Waals surface area contributed by atoms with E-state index in [-0.39, 0.29) is 0 Å². The summed E-state index contributed by atoms with van der Waals surface area (Å²) in [6, 6.07) is 0. The molecule has 0 saturated carbocycles. The number of rotatable bonds is 3. The monoisotopic (exact) mass is 277 g/mol. The third kappa shape index (κ3) is 3.37. The summed E-state index contributed by atoms with van der Waals surface area (Å²) >= 11 is 6.70. The molecule has 1 saturated heterocycles. The van der Waals surface area contributed by atoms with Gasteiger partial charge >= 0.3 is 0 Å². The van der Waals surface area contributed by atoms with Crippen LogP contribution in [0.5, 0.6) is 0 Å². The van der Waals surface area contributed by atoms with Crippen LogP contribution in [0.15, 0.2) is 10.9 Å². The van der Waals surface area contributed by atoms with Crippen molar-refractivity contribution in [2.75, 3.05) is 26.2 Å². The molecule has 0 spiro atoms. The highest BCUT2D eigenvalue weighted by atomic mass is 35.5. The molecule has 94 valence electrons. The Kier molecular flexibility index (Phi) is 4.31. The first-order chi connectivity index (χ1) is 8.16. The van der Waals surface area contributed by atoms with E-state index in [0.29, 0.717) is 13.1 Å². The Labute approximate surface area is 108 Å². The van der Waals surface area contributed by atoms with E-state index in [9.17, 15) is 9.18 Å². The molecular weight excluding hydrogens is 265 g/mol. The average Bonchev–Trinajstić information content (AvgIpc) is 2.82. The quantitative estimate of drug-likeness (QED) is 0.782. The van der Waals surface area contributed by atoms with Crippen molar-refractivity contribution in [3.63, 3.8) is 0 Å². The maximum Gasteiger partial charge on any atom is 0.272 e. The topological polar surface area (TPSA) is 36.4 Å². The minimum atomic E-state index is -1.92. The molecule has 1 unspecified atom stereocenters. The van der Waals surface area contributed by atoms with E-state index in [4.69, 9.17) is 11.6 Å². The Morgan fingerprint density at radius 2 is 2.24 bits per heavy atom. The molecule has 1 aromatic heterocycles. The number of nitrogens with zero attached hydrogens (tertiary/aromatic N) is 3. The molecule has 0 aromatic carbocycles. The second kappa shape index (κ2) is 5.75. The van der Waals surface area contributed by atoms with Gasteiger partial charge in [0.05, 0.1) is 11.2 Å². The summed E-state index contributed by atoms with van der Waals surface area (Å²) in [6.07, 6.45) is 0. The van der Waals surface area contributed by atoms with Gasteiger partial charge in [-0.3, -0.25) is 9.69 Å². The van der Waals surface area contributed by atoms with Gasteiger partial charge in [-0.1, -0.05) is 11.6 Å². The molecule has 2 rings (SSSR count). The van der Waals surface area contributed by atoms with Crippen LogP contribution in [0.3, 0.4) is 0 Å².